The van der Waals surface area contributed by atoms with E-state index in [0.717, 1.165) is 48.9 Å². The SMILES string of the molecule is CCCCN(CCCC)C(=O)c1cc(C)n(-c2ccc(-c3ccc(F)c(F)c3)cc2C(=O)N2Cc3ccccc3C[C@H]2CO)n1. The number of aryl methyl sites for hydroxylation is 1. The number of hydrogen-bond acceptors (Lipinski definition) is 4. The molecule has 3 aromatic carbocycles. The van der Waals surface area contributed by atoms with Gasteiger partial charge in [0.25, 0.3) is 11.8 Å². The maximum atomic E-state index is 14.4. The average Bonchev–Trinajstić information content (AvgIpc) is 3.45. The van der Waals surface area contributed by atoms with E-state index in [9.17, 15) is 23.5 Å². The van der Waals surface area contributed by atoms with Crippen LogP contribution in [0.4, 0.5) is 8.78 Å². The first-order valence-electron chi connectivity index (χ1n) is 15.7. The zero-order chi connectivity index (χ0) is 32.1. The molecule has 0 aliphatic carbocycles. The Balaban J connectivity index is 1.59. The van der Waals surface area contributed by atoms with Gasteiger partial charge in [-0.05, 0) is 78.8 Å². The van der Waals surface area contributed by atoms with Gasteiger partial charge < -0.3 is 14.9 Å². The van der Waals surface area contributed by atoms with E-state index in [4.69, 9.17) is 5.10 Å². The van der Waals surface area contributed by atoms with Crippen molar-refractivity contribution < 1.29 is 23.5 Å². The van der Waals surface area contributed by atoms with Gasteiger partial charge in [-0.15, -0.1) is 0 Å². The van der Waals surface area contributed by atoms with E-state index in [-0.39, 0.29) is 24.0 Å². The summed E-state index contributed by atoms with van der Waals surface area (Å²) < 4.78 is 29.6. The fourth-order valence-corrected chi connectivity index (χ4v) is 5.89. The van der Waals surface area contributed by atoms with Crippen molar-refractivity contribution in [1.82, 2.24) is 19.6 Å². The van der Waals surface area contributed by atoms with Crippen molar-refractivity contribution in [2.75, 3.05) is 19.7 Å². The summed E-state index contributed by atoms with van der Waals surface area (Å²) in [7, 11) is 0. The molecule has 1 aliphatic rings. The predicted molar refractivity (Wildman–Crippen MR) is 170 cm³/mol. The zero-order valence-electron chi connectivity index (χ0n) is 26.1. The maximum absolute atomic E-state index is 14.4. The first-order chi connectivity index (χ1) is 21.7. The number of aliphatic hydroxyl groups excluding tert-OH is 1. The summed E-state index contributed by atoms with van der Waals surface area (Å²) in [5.41, 5.74) is 4.69. The van der Waals surface area contributed by atoms with Gasteiger partial charge in [0.2, 0.25) is 0 Å². The molecule has 0 spiro atoms. The minimum absolute atomic E-state index is 0.155. The van der Waals surface area contributed by atoms with Gasteiger partial charge in [-0.25, -0.2) is 13.5 Å². The van der Waals surface area contributed by atoms with Gasteiger partial charge in [-0.3, -0.25) is 9.59 Å². The highest BCUT2D eigenvalue weighted by molar-refractivity contribution is 6.00. The number of aromatic nitrogens is 2. The summed E-state index contributed by atoms with van der Waals surface area (Å²) in [6.45, 7) is 7.39. The molecule has 1 aliphatic heterocycles. The molecule has 0 fully saturated rings. The van der Waals surface area contributed by atoms with Crippen LogP contribution in [-0.4, -0.2) is 62.2 Å². The van der Waals surface area contributed by atoms with E-state index in [0.29, 0.717) is 54.3 Å². The van der Waals surface area contributed by atoms with Crippen molar-refractivity contribution in [3.63, 3.8) is 0 Å². The number of unbranched alkanes of at least 4 members (excludes halogenated alkanes) is 2. The molecule has 45 heavy (non-hydrogen) atoms. The van der Waals surface area contributed by atoms with Crippen LogP contribution >= 0.6 is 0 Å². The lowest BCUT2D eigenvalue weighted by atomic mass is 9.93. The van der Waals surface area contributed by atoms with Gasteiger partial charge in [0.1, 0.15) is 0 Å². The van der Waals surface area contributed by atoms with Crippen molar-refractivity contribution in [2.45, 2.75) is 65.5 Å². The van der Waals surface area contributed by atoms with Gasteiger partial charge in [0, 0.05) is 25.3 Å². The van der Waals surface area contributed by atoms with Crippen LogP contribution in [0.2, 0.25) is 0 Å². The predicted octanol–water partition coefficient (Wildman–Crippen LogP) is 6.73. The standard InChI is InChI=1S/C36H40F2N4O3/c1-4-6-16-40(17-7-5-2)36(45)33-18-24(3)42(39-33)34-15-13-26(27-12-14-31(37)32(38)21-27)20-30(34)35(44)41-22-28-11-9-8-10-25(28)19-29(41)23-43/h8-15,18,20-21,29,43H,4-7,16-17,19,22-23H2,1-3H3/t29-/m0/s1. The largest absolute Gasteiger partial charge is 0.394 e. The van der Waals surface area contributed by atoms with Gasteiger partial charge >= 0.3 is 0 Å². The summed E-state index contributed by atoms with van der Waals surface area (Å²) in [6.07, 6.45) is 4.22. The minimum atomic E-state index is -0.987. The molecule has 0 bridgehead atoms. The van der Waals surface area contributed by atoms with Crippen LogP contribution in [0.5, 0.6) is 0 Å². The Morgan fingerprint density at radius 3 is 2.24 bits per heavy atom. The Hall–Kier alpha value is -4.37. The molecule has 9 heteroatoms. The molecule has 0 saturated heterocycles. The van der Waals surface area contributed by atoms with Crippen molar-refractivity contribution in [3.05, 3.63) is 106 Å². The Bertz CT molecular complexity index is 1680. The lowest BCUT2D eigenvalue weighted by Crippen LogP contribution is -2.46. The smallest absolute Gasteiger partial charge is 0.274 e. The number of rotatable bonds is 11. The van der Waals surface area contributed by atoms with E-state index in [1.54, 1.807) is 33.8 Å². The third kappa shape index (κ3) is 6.83. The summed E-state index contributed by atoms with van der Waals surface area (Å²) in [4.78, 5) is 31.5. The summed E-state index contributed by atoms with van der Waals surface area (Å²) >= 11 is 0. The molecule has 236 valence electrons. The third-order valence-corrected chi connectivity index (χ3v) is 8.49. The number of fused-ring (bicyclic) bond motifs is 1. The molecular weight excluding hydrogens is 574 g/mol. The van der Waals surface area contributed by atoms with Crippen LogP contribution in [-0.2, 0) is 13.0 Å². The monoisotopic (exact) mass is 614 g/mol. The summed E-state index contributed by atoms with van der Waals surface area (Å²) in [5.74, 6) is -2.43. The molecule has 0 saturated carbocycles. The number of carbonyl (C=O) groups is 2. The highest BCUT2D eigenvalue weighted by Crippen LogP contribution is 2.31. The molecular formula is C36H40F2N4O3. The molecule has 0 radical (unpaired) electrons. The second-order valence-electron chi connectivity index (χ2n) is 11.7. The van der Waals surface area contributed by atoms with Crippen LogP contribution in [0, 0.1) is 18.6 Å². The molecule has 2 amide bonds. The number of aliphatic hydroxyl groups is 1. The molecule has 4 aromatic rings. The quantitative estimate of drug-likeness (QED) is 0.203. The van der Waals surface area contributed by atoms with Gasteiger partial charge in [0.15, 0.2) is 17.3 Å². The van der Waals surface area contributed by atoms with Crippen LogP contribution in [0.25, 0.3) is 16.8 Å². The Morgan fingerprint density at radius 2 is 1.58 bits per heavy atom. The van der Waals surface area contributed by atoms with Crippen molar-refractivity contribution >= 4 is 11.8 Å². The fraction of sp³-hybridized carbons (Fsp3) is 0.361. The normalized spacial score (nSPS) is 14.4. The van der Waals surface area contributed by atoms with Crippen molar-refractivity contribution in [3.8, 4) is 16.8 Å². The number of benzene rings is 3. The number of halogens is 2. The Kier molecular flexibility index (Phi) is 10.1. The second-order valence-corrected chi connectivity index (χ2v) is 11.7. The fourth-order valence-electron chi connectivity index (χ4n) is 5.89. The number of carbonyl (C=O) groups excluding carboxylic acids is 2. The molecule has 1 atom stereocenters. The summed E-state index contributed by atoms with van der Waals surface area (Å²) in [6, 6.07) is 17.8. The van der Waals surface area contributed by atoms with E-state index >= 15 is 0 Å². The second kappa shape index (κ2) is 14.2. The third-order valence-electron chi connectivity index (χ3n) is 8.49. The lowest BCUT2D eigenvalue weighted by molar-refractivity contribution is 0.0544. The number of amides is 2. The Labute approximate surface area is 263 Å². The van der Waals surface area contributed by atoms with E-state index in [1.165, 1.54) is 6.07 Å². The van der Waals surface area contributed by atoms with Crippen LogP contribution < -0.4 is 0 Å². The molecule has 7 nitrogen and oxygen atoms in total. The number of nitrogens with zero attached hydrogens (tertiary/aromatic N) is 4. The van der Waals surface area contributed by atoms with Crippen LogP contribution in [0.3, 0.4) is 0 Å². The maximum Gasteiger partial charge on any atom is 0.274 e. The van der Waals surface area contributed by atoms with Gasteiger partial charge in [-0.1, -0.05) is 63.1 Å². The highest BCUT2D eigenvalue weighted by Gasteiger charge is 2.32. The lowest BCUT2D eigenvalue weighted by Gasteiger charge is -2.36. The van der Waals surface area contributed by atoms with E-state index in [1.807, 2.05) is 36.1 Å². The summed E-state index contributed by atoms with van der Waals surface area (Å²) in [5, 5.41) is 15.0. The van der Waals surface area contributed by atoms with Crippen molar-refractivity contribution in [2.24, 2.45) is 0 Å². The van der Waals surface area contributed by atoms with E-state index < -0.39 is 17.7 Å². The van der Waals surface area contributed by atoms with Crippen molar-refractivity contribution in [1.29, 1.82) is 0 Å². The molecule has 1 N–H and O–H groups in total. The first kappa shape index (κ1) is 32.0. The molecule has 0 unspecified atom stereocenters. The molecule has 2 heterocycles. The highest BCUT2D eigenvalue weighted by atomic mass is 19.2. The van der Waals surface area contributed by atoms with Gasteiger partial charge in [-0.2, -0.15) is 5.10 Å². The topological polar surface area (TPSA) is 78.7 Å². The Morgan fingerprint density at radius 1 is 0.911 bits per heavy atom. The van der Waals surface area contributed by atoms with Crippen LogP contribution in [0.15, 0.2) is 66.7 Å². The first-order valence-corrected chi connectivity index (χ1v) is 15.7. The van der Waals surface area contributed by atoms with E-state index in [2.05, 4.69) is 13.8 Å². The van der Waals surface area contributed by atoms with Gasteiger partial charge in [0.05, 0.1) is 23.9 Å². The minimum Gasteiger partial charge on any atom is -0.394 e. The average molecular weight is 615 g/mol. The molecule has 5 rings (SSSR count). The van der Waals surface area contributed by atoms with Crippen LogP contribution in [0.1, 0.15) is 77.2 Å². The molecule has 1 aromatic heterocycles. The zero-order valence-corrected chi connectivity index (χ0v) is 26.1. The number of hydrogen-bond donors (Lipinski definition) is 1.